The van der Waals surface area contributed by atoms with Crippen LogP contribution in [0.2, 0.25) is 5.02 Å². The second-order valence-electron chi connectivity index (χ2n) is 6.52. The third-order valence-corrected chi connectivity index (χ3v) is 6.92. The molecule has 0 unspecified atom stereocenters. The SMILES string of the molecule is Cc1ccc([Se]c2c(-c3ccc(Cl)cc3)c3cc(C)ccc3oc2=O)cc1. The minimum atomic E-state index is -0.267. The van der Waals surface area contributed by atoms with Crippen LogP contribution in [0.3, 0.4) is 0 Å². The number of benzene rings is 3. The molecule has 0 fully saturated rings. The Balaban J connectivity index is 2.00. The topological polar surface area (TPSA) is 30.2 Å². The number of hydrogen-bond donors (Lipinski definition) is 0. The Labute approximate surface area is 169 Å². The molecule has 0 aliphatic heterocycles. The van der Waals surface area contributed by atoms with Gasteiger partial charge in [-0.05, 0) is 0 Å². The molecule has 0 aliphatic carbocycles. The van der Waals surface area contributed by atoms with Gasteiger partial charge in [-0.2, -0.15) is 0 Å². The van der Waals surface area contributed by atoms with E-state index in [1.807, 2.05) is 43.3 Å². The second kappa shape index (κ2) is 7.36. The van der Waals surface area contributed by atoms with E-state index in [-0.39, 0.29) is 20.6 Å². The van der Waals surface area contributed by atoms with Crippen LogP contribution < -0.4 is 14.5 Å². The van der Waals surface area contributed by atoms with E-state index in [9.17, 15) is 4.79 Å². The molecule has 0 saturated carbocycles. The molecule has 4 aromatic rings. The van der Waals surface area contributed by atoms with Crippen molar-refractivity contribution in [1.29, 1.82) is 0 Å². The van der Waals surface area contributed by atoms with Gasteiger partial charge in [-0.3, -0.25) is 0 Å². The van der Waals surface area contributed by atoms with Crippen LogP contribution >= 0.6 is 11.6 Å². The molecule has 0 spiro atoms. The Hall–Kier alpha value is -2.32. The van der Waals surface area contributed by atoms with E-state index in [1.165, 1.54) is 5.56 Å². The number of aryl methyl sites for hydroxylation is 2. The van der Waals surface area contributed by atoms with Crippen LogP contribution in [0.5, 0.6) is 0 Å². The molecule has 0 bridgehead atoms. The number of rotatable bonds is 3. The number of halogens is 1. The molecule has 0 amide bonds. The van der Waals surface area contributed by atoms with E-state index in [4.69, 9.17) is 16.0 Å². The summed E-state index contributed by atoms with van der Waals surface area (Å²) in [5.41, 5.74) is 4.60. The van der Waals surface area contributed by atoms with Crippen molar-refractivity contribution in [2.75, 3.05) is 0 Å². The molecular formula is C23H17ClO2Se. The predicted molar refractivity (Wildman–Crippen MR) is 114 cm³/mol. The van der Waals surface area contributed by atoms with Crippen LogP contribution in [-0.4, -0.2) is 15.0 Å². The van der Waals surface area contributed by atoms with Crippen molar-refractivity contribution in [3.63, 3.8) is 0 Å². The van der Waals surface area contributed by atoms with Gasteiger partial charge in [0.2, 0.25) is 0 Å². The van der Waals surface area contributed by atoms with Crippen molar-refractivity contribution in [1.82, 2.24) is 0 Å². The van der Waals surface area contributed by atoms with Crippen LogP contribution in [0.4, 0.5) is 0 Å². The molecule has 4 heteroatoms. The van der Waals surface area contributed by atoms with Gasteiger partial charge >= 0.3 is 169 Å². The van der Waals surface area contributed by atoms with Gasteiger partial charge < -0.3 is 0 Å². The normalized spacial score (nSPS) is 11.1. The summed E-state index contributed by atoms with van der Waals surface area (Å²) in [6.07, 6.45) is 0. The van der Waals surface area contributed by atoms with E-state index in [2.05, 4.69) is 37.3 Å². The van der Waals surface area contributed by atoms with Crippen molar-refractivity contribution in [3.8, 4) is 11.1 Å². The van der Waals surface area contributed by atoms with Gasteiger partial charge in [-0.15, -0.1) is 0 Å². The molecule has 0 aliphatic rings. The van der Waals surface area contributed by atoms with Crippen LogP contribution in [0.1, 0.15) is 11.1 Å². The Morgan fingerprint density at radius 1 is 0.852 bits per heavy atom. The zero-order valence-electron chi connectivity index (χ0n) is 15.0. The third-order valence-electron chi connectivity index (χ3n) is 4.39. The molecule has 2 nitrogen and oxygen atoms in total. The summed E-state index contributed by atoms with van der Waals surface area (Å²) in [5, 5.41) is 1.63. The average Bonchev–Trinajstić information content (AvgIpc) is 2.65. The van der Waals surface area contributed by atoms with Crippen LogP contribution in [-0.2, 0) is 0 Å². The molecular weight excluding hydrogens is 423 g/mol. The van der Waals surface area contributed by atoms with Gasteiger partial charge in [0.25, 0.3) is 0 Å². The van der Waals surface area contributed by atoms with E-state index >= 15 is 0 Å². The van der Waals surface area contributed by atoms with Crippen molar-refractivity contribution in [2.24, 2.45) is 0 Å². The quantitative estimate of drug-likeness (QED) is 0.350. The maximum absolute atomic E-state index is 12.9. The summed E-state index contributed by atoms with van der Waals surface area (Å²) >= 11 is 5.92. The first-order valence-corrected chi connectivity index (χ1v) is 10.7. The first-order chi connectivity index (χ1) is 13.0. The molecule has 0 radical (unpaired) electrons. The standard InChI is InChI=1S/C23H17ClO2Se/c1-14-3-10-18(11-4-14)27-22-21(16-6-8-17(24)9-7-16)19-13-15(2)5-12-20(19)26-23(22)25/h3-13H,1-2H3. The van der Waals surface area contributed by atoms with E-state index in [1.54, 1.807) is 0 Å². The third kappa shape index (κ3) is 3.72. The summed E-state index contributed by atoms with van der Waals surface area (Å²) in [6.45, 7) is 4.10. The average molecular weight is 440 g/mol. The van der Waals surface area contributed by atoms with Gasteiger partial charge in [-0.25, -0.2) is 0 Å². The summed E-state index contributed by atoms with van der Waals surface area (Å²) < 4.78 is 7.53. The molecule has 3 aromatic carbocycles. The molecule has 1 aromatic heterocycles. The van der Waals surface area contributed by atoms with Crippen molar-refractivity contribution in [3.05, 3.63) is 93.3 Å². The van der Waals surface area contributed by atoms with E-state index in [0.29, 0.717) is 10.6 Å². The maximum atomic E-state index is 12.9. The Bertz CT molecular complexity index is 1180. The van der Waals surface area contributed by atoms with Gasteiger partial charge in [0, 0.05) is 0 Å². The molecule has 1 heterocycles. The van der Waals surface area contributed by atoms with Gasteiger partial charge in [-0.1, -0.05) is 0 Å². The van der Waals surface area contributed by atoms with Gasteiger partial charge in [0.05, 0.1) is 0 Å². The van der Waals surface area contributed by atoms with E-state index < -0.39 is 0 Å². The van der Waals surface area contributed by atoms with Crippen molar-refractivity contribution >= 4 is 46.5 Å². The molecule has 27 heavy (non-hydrogen) atoms. The predicted octanol–water partition coefficient (Wildman–Crippen LogP) is 4.39. The Morgan fingerprint density at radius 2 is 1.52 bits per heavy atom. The van der Waals surface area contributed by atoms with Gasteiger partial charge in [0.15, 0.2) is 0 Å². The first-order valence-electron chi connectivity index (χ1n) is 8.59. The van der Waals surface area contributed by atoms with Crippen molar-refractivity contribution < 1.29 is 4.42 Å². The van der Waals surface area contributed by atoms with E-state index in [0.717, 1.165) is 31.0 Å². The zero-order chi connectivity index (χ0) is 19.0. The van der Waals surface area contributed by atoms with Crippen LogP contribution in [0.25, 0.3) is 22.1 Å². The molecule has 4 rings (SSSR count). The Morgan fingerprint density at radius 3 is 2.22 bits per heavy atom. The minimum absolute atomic E-state index is 0.165. The summed E-state index contributed by atoms with van der Waals surface area (Å²) in [7, 11) is 0. The molecule has 134 valence electrons. The fourth-order valence-corrected chi connectivity index (χ4v) is 5.16. The summed E-state index contributed by atoms with van der Waals surface area (Å²) in [4.78, 5) is 12.9. The molecule has 0 saturated heterocycles. The van der Waals surface area contributed by atoms with Crippen LogP contribution in [0.15, 0.2) is 75.9 Å². The van der Waals surface area contributed by atoms with Crippen molar-refractivity contribution in [2.45, 2.75) is 13.8 Å². The zero-order valence-corrected chi connectivity index (χ0v) is 17.4. The number of hydrogen-bond acceptors (Lipinski definition) is 2. The number of fused-ring (bicyclic) bond motifs is 1. The summed E-state index contributed by atoms with van der Waals surface area (Å²) in [6, 6.07) is 21.9. The Kier molecular flexibility index (Phi) is 4.92. The second-order valence-corrected chi connectivity index (χ2v) is 9.23. The fraction of sp³-hybridized carbons (Fsp3) is 0.0870. The first kappa shape index (κ1) is 18.1. The molecule has 0 N–H and O–H groups in total. The van der Waals surface area contributed by atoms with Gasteiger partial charge in [0.1, 0.15) is 0 Å². The monoisotopic (exact) mass is 440 g/mol. The summed E-state index contributed by atoms with van der Waals surface area (Å²) in [5.74, 6) is 0. The molecule has 0 atom stereocenters. The van der Waals surface area contributed by atoms with Crippen LogP contribution in [0, 0.1) is 13.8 Å². The fourth-order valence-electron chi connectivity index (χ4n) is 3.02.